The van der Waals surface area contributed by atoms with Crippen molar-refractivity contribution < 1.29 is 13.2 Å². The first kappa shape index (κ1) is 19.4. The summed E-state index contributed by atoms with van der Waals surface area (Å²) in [5.41, 5.74) is 3.10. The summed E-state index contributed by atoms with van der Waals surface area (Å²) in [5.74, 6) is -0.0358. The van der Waals surface area contributed by atoms with Gasteiger partial charge in [-0.15, -0.1) is 0 Å². The minimum Gasteiger partial charge on any atom is -0.322 e. The molecule has 6 heteroatoms. The maximum Gasteiger partial charge on any atom is 0.255 e. The molecule has 1 amide bonds. The average Bonchev–Trinajstić information content (AvgIpc) is 2.61. The number of hydrogen-bond donors (Lipinski definition) is 1. The normalized spacial score (nSPS) is 16.8. The Morgan fingerprint density at radius 2 is 1.59 bits per heavy atom. The number of hydrogen-bond acceptors (Lipinski definition) is 3. The SMILES string of the molecule is CC(C)(C)c1ccc(NC(=O)c2ccc(N3CCCCS3(=O)=O)cc2)cc1. The van der Waals surface area contributed by atoms with E-state index in [1.807, 2.05) is 24.3 Å². The van der Waals surface area contributed by atoms with Gasteiger partial charge in [0, 0.05) is 17.8 Å². The molecule has 0 atom stereocenters. The first-order valence-corrected chi connectivity index (χ1v) is 10.8. The second kappa shape index (κ2) is 7.35. The molecule has 0 spiro atoms. The van der Waals surface area contributed by atoms with Crippen LogP contribution in [0.2, 0.25) is 0 Å². The van der Waals surface area contributed by atoms with Crippen LogP contribution in [-0.2, 0) is 15.4 Å². The Bertz CT molecular complexity index is 911. The number of anilines is 2. The molecule has 1 heterocycles. The lowest BCUT2D eigenvalue weighted by molar-refractivity contribution is 0.102. The highest BCUT2D eigenvalue weighted by atomic mass is 32.2. The molecule has 0 saturated carbocycles. The second-order valence-electron chi connectivity index (χ2n) is 7.92. The fraction of sp³-hybridized carbons (Fsp3) is 0.381. The highest BCUT2D eigenvalue weighted by Crippen LogP contribution is 2.25. The molecule has 0 radical (unpaired) electrons. The molecule has 2 aromatic carbocycles. The predicted octanol–water partition coefficient (Wildman–Crippen LogP) is 4.17. The van der Waals surface area contributed by atoms with Gasteiger partial charge in [-0.25, -0.2) is 8.42 Å². The summed E-state index contributed by atoms with van der Waals surface area (Å²) in [4.78, 5) is 12.5. The Morgan fingerprint density at radius 1 is 0.963 bits per heavy atom. The first-order valence-electron chi connectivity index (χ1n) is 9.19. The largest absolute Gasteiger partial charge is 0.322 e. The van der Waals surface area contributed by atoms with Gasteiger partial charge in [0.15, 0.2) is 0 Å². The molecule has 27 heavy (non-hydrogen) atoms. The average molecular weight is 387 g/mol. The molecule has 1 aliphatic rings. The summed E-state index contributed by atoms with van der Waals surface area (Å²) in [6.45, 7) is 6.92. The van der Waals surface area contributed by atoms with Gasteiger partial charge in [0.05, 0.1) is 11.4 Å². The first-order chi connectivity index (χ1) is 12.7. The zero-order valence-electron chi connectivity index (χ0n) is 16.0. The van der Waals surface area contributed by atoms with Crippen LogP contribution in [0.15, 0.2) is 48.5 Å². The lowest BCUT2D eigenvalue weighted by Gasteiger charge is -2.28. The summed E-state index contributed by atoms with van der Waals surface area (Å²) < 4.78 is 25.8. The Morgan fingerprint density at radius 3 is 2.15 bits per heavy atom. The number of amides is 1. The maximum absolute atomic E-state index is 12.5. The van der Waals surface area contributed by atoms with Gasteiger partial charge in [-0.2, -0.15) is 0 Å². The summed E-state index contributed by atoms with van der Waals surface area (Å²) in [7, 11) is -3.24. The molecule has 0 aliphatic carbocycles. The minimum atomic E-state index is -3.24. The van der Waals surface area contributed by atoms with E-state index in [1.54, 1.807) is 24.3 Å². The Balaban J connectivity index is 1.71. The highest BCUT2D eigenvalue weighted by Gasteiger charge is 2.26. The van der Waals surface area contributed by atoms with Crippen LogP contribution in [-0.4, -0.2) is 26.6 Å². The topological polar surface area (TPSA) is 66.5 Å². The summed E-state index contributed by atoms with van der Waals surface area (Å²) >= 11 is 0. The molecule has 5 nitrogen and oxygen atoms in total. The molecule has 144 valence electrons. The van der Waals surface area contributed by atoms with Gasteiger partial charge in [0.25, 0.3) is 5.91 Å². The van der Waals surface area contributed by atoms with E-state index in [1.165, 1.54) is 9.87 Å². The Kier molecular flexibility index (Phi) is 5.29. The summed E-state index contributed by atoms with van der Waals surface area (Å²) in [5, 5.41) is 2.88. The molecule has 0 bridgehead atoms. The molecular formula is C21H26N2O3S. The van der Waals surface area contributed by atoms with Gasteiger partial charge in [-0.1, -0.05) is 32.9 Å². The Labute approximate surface area is 161 Å². The number of carbonyl (C=O) groups excluding carboxylic acids is 1. The van der Waals surface area contributed by atoms with Gasteiger partial charge < -0.3 is 5.32 Å². The van der Waals surface area contributed by atoms with Crippen LogP contribution in [0.1, 0.15) is 49.5 Å². The van der Waals surface area contributed by atoms with Crippen molar-refractivity contribution in [3.8, 4) is 0 Å². The van der Waals surface area contributed by atoms with Crippen molar-refractivity contribution in [2.45, 2.75) is 39.0 Å². The van der Waals surface area contributed by atoms with Crippen molar-refractivity contribution in [3.05, 3.63) is 59.7 Å². The van der Waals surface area contributed by atoms with Crippen LogP contribution in [0.3, 0.4) is 0 Å². The van der Waals surface area contributed by atoms with Gasteiger partial charge in [-0.3, -0.25) is 9.10 Å². The highest BCUT2D eigenvalue weighted by molar-refractivity contribution is 7.92. The van der Waals surface area contributed by atoms with Crippen LogP contribution in [0.25, 0.3) is 0 Å². The molecule has 0 unspecified atom stereocenters. The number of nitrogens with zero attached hydrogens (tertiary/aromatic N) is 1. The standard InChI is InChI=1S/C21H26N2O3S/c1-21(2,3)17-8-10-18(11-9-17)22-20(24)16-6-12-19(13-7-16)23-14-4-5-15-27(23,25)26/h6-13H,4-5,14-15H2,1-3H3,(H,22,24). The van der Waals surface area contributed by atoms with Crippen molar-refractivity contribution in [2.24, 2.45) is 0 Å². The van der Waals surface area contributed by atoms with Crippen LogP contribution < -0.4 is 9.62 Å². The van der Waals surface area contributed by atoms with E-state index >= 15 is 0 Å². The molecule has 1 aliphatic heterocycles. The zero-order chi connectivity index (χ0) is 19.7. The van der Waals surface area contributed by atoms with Crippen molar-refractivity contribution in [1.82, 2.24) is 0 Å². The molecular weight excluding hydrogens is 360 g/mol. The van der Waals surface area contributed by atoms with E-state index in [9.17, 15) is 13.2 Å². The summed E-state index contributed by atoms with van der Waals surface area (Å²) in [6, 6.07) is 14.5. The molecule has 1 fully saturated rings. The minimum absolute atomic E-state index is 0.0627. The third kappa shape index (κ3) is 4.50. The van der Waals surface area contributed by atoms with E-state index in [0.29, 0.717) is 24.2 Å². The molecule has 1 N–H and O–H groups in total. The third-order valence-corrected chi connectivity index (χ3v) is 6.65. The fourth-order valence-corrected chi connectivity index (χ4v) is 4.75. The van der Waals surface area contributed by atoms with E-state index < -0.39 is 10.0 Å². The van der Waals surface area contributed by atoms with Gasteiger partial charge in [0.1, 0.15) is 0 Å². The predicted molar refractivity (Wildman–Crippen MR) is 110 cm³/mol. The van der Waals surface area contributed by atoms with E-state index in [2.05, 4.69) is 26.1 Å². The van der Waals surface area contributed by atoms with Crippen molar-refractivity contribution in [2.75, 3.05) is 21.9 Å². The third-order valence-electron chi connectivity index (χ3n) is 4.78. The molecule has 2 aromatic rings. The van der Waals surface area contributed by atoms with E-state index in [-0.39, 0.29) is 17.1 Å². The lowest BCUT2D eigenvalue weighted by atomic mass is 9.87. The van der Waals surface area contributed by atoms with Crippen molar-refractivity contribution >= 4 is 27.3 Å². The Hall–Kier alpha value is -2.34. The van der Waals surface area contributed by atoms with E-state index in [0.717, 1.165) is 12.1 Å². The smallest absolute Gasteiger partial charge is 0.255 e. The van der Waals surface area contributed by atoms with Gasteiger partial charge in [-0.05, 0) is 60.2 Å². The second-order valence-corrected chi connectivity index (χ2v) is 9.94. The number of sulfonamides is 1. The van der Waals surface area contributed by atoms with Crippen LogP contribution >= 0.6 is 0 Å². The van der Waals surface area contributed by atoms with Gasteiger partial charge in [0.2, 0.25) is 10.0 Å². The fourth-order valence-electron chi connectivity index (χ4n) is 3.11. The van der Waals surface area contributed by atoms with E-state index in [4.69, 9.17) is 0 Å². The number of benzene rings is 2. The molecule has 3 rings (SSSR count). The monoisotopic (exact) mass is 386 g/mol. The van der Waals surface area contributed by atoms with Crippen LogP contribution in [0.5, 0.6) is 0 Å². The van der Waals surface area contributed by atoms with Crippen molar-refractivity contribution in [3.63, 3.8) is 0 Å². The molecule has 0 aromatic heterocycles. The number of carbonyl (C=O) groups is 1. The molecule has 1 saturated heterocycles. The zero-order valence-corrected chi connectivity index (χ0v) is 16.8. The number of rotatable bonds is 3. The van der Waals surface area contributed by atoms with Crippen LogP contribution in [0.4, 0.5) is 11.4 Å². The quantitative estimate of drug-likeness (QED) is 0.861. The number of nitrogens with one attached hydrogen (secondary N) is 1. The van der Waals surface area contributed by atoms with Gasteiger partial charge >= 0.3 is 0 Å². The summed E-state index contributed by atoms with van der Waals surface area (Å²) in [6.07, 6.45) is 1.55. The van der Waals surface area contributed by atoms with Crippen LogP contribution in [0, 0.1) is 0 Å². The van der Waals surface area contributed by atoms with Crippen molar-refractivity contribution in [1.29, 1.82) is 0 Å². The maximum atomic E-state index is 12.5. The lowest BCUT2D eigenvalue weighted by Crippen LogP contribution is -2.37.